The number of nitrogens with two attached hydrogens (primary N) is 1. The molecule has 1 aromatic carbocycles. The highest BCUT2D eigenvalue weighted by atomic mass is 32.1. The molecule has 0 bridgehead atoms. The summed E-state index contributed by atoms with van der Waals surface area (Å²) in [5.41, 5.74) is 7.14. The molecular formula is C44H67N9O7S. The van der Waals surface area contributed by atoms with Crippen LogP contribution in [0.4, 0.5) is 5.69 Å². The summed E-state index contributed by atoms with van der Waals surface area (Å²) in [4.78, 5) is 76.0. The average molecular weight is 866 g/mol. The highest BCUT2D eigenvalue weighted by Gasteiger charge is 2.39. The number of piperidine rings is 1. The fourth-order valence-corrected chi connectivity index (χ4v) is 8.72. The summed E-state index contributed by atoms with van der Waals surface area (Å²) in [6.07, 6.45) is 6.90. The molecule has 1 aliphatic rings. The number of carboxylic acids is 1. The number of likely N-dealkylation sites (tertiary alicyclic amines) is 1. The molecule has 3 heterocycles. The number of anilines is 1. The number of nitrogens with one attached hydrogen (secondary N) is 3. The van der Waals surface area contributed by atoms with E-state index in [4.69, 9.17) is 10.5 Å². The number of hydrogen-bond donors (Lipinski definition) is 5. The van der Waals surface area contributed by atoms with Crippen LogP contribution < -0.4 is 16.4 Å². The Morgan fingerprint density at radius 2 is 1.82 bits per heavy atom. The standard InChI is InChI=1S/C44H67N9O7S/c1-9-28(4)38(49-40(56)35-15-11-12-20-52(35)8)42(57)53(21-13-10-14-32-25-46-51-50-32)36(27(2)3)23-37(60-29(5)54)41-48-34(26-61-41)39(55)47-33(24-44(6,7)43(58)59)22-30-16-18-31(45)19-17-30/h16-19,25-28,33,35-38H,9-15,20-24,45H2,1-8H3,(H,47,55)(H,49,56)(H,58,59)(H,46,50,51)/t28?,33?,35-,36?,37?,38?/m1/s1. The van der Waals surface area contributed by atoms with Crippen LogP contribution in [0, 0.1) is 17.3 Å². The smallest absolute Gasteiger partial charge is 0.309 e. The molecule has 61 heavy (non-hydrogen) atoms. The van der Waals surface area contributed by atoms with Crippen molar-refractivity contribution in [1.29, 1.82) is 0 Å². The van der Waals surface area contributed by atoms with Gasteiger partial charge in [0, 0.05) is 43.0 Å². The fourth-order valence-electron chi connectivity index (χ4n) is 7.88. The summed E-state index contributed by atoms with van der Waals surface area (Å²) in [5, 5.41) is 28.8. The zero-order valence-electron chi connectivity index (χ0n) is 37.1. The van der Waals surface area contributed by atoms with E-state index >= 15 is 0 Å². The van der Waals surface area contributed by atoms with E-state index in [1.54, 1.807) is 37.6 Å². The Hall–Kier alpha value is -4.90. The number of unbranched alkanes of at least 4 members (excludes halogenated alkanes) is 1. The summed E-state index contributed by atoms with van der Waals surface area (Å²) in [6, 6.07) is 5.11. The number of likely N-dealkylation sites (N-methyl/N-ethyl adjacent to an activating group) is 1. The van der Waals surface area contributed by atoms with Crippen LogP contribution in [0.3, 0.4) is 0 Å². The van der Waals surface area contributed by atoms with Gasteiger partial charge in [-0.15, -0.1) is 11.3 Å². The predicted octanol–water partition coefficient (Wildman–Crippen LogP) is 5.57. The molecule has 2 aromatic heterocycles. The lowest BCUT2D eigenvalue weighted by atomic mass is 9.84. The second-order valence-corrected chi connectivity index (χ2v) is 18.4. The molecule has 0 aliphatic carbocycles. The number of carboxylic acid groups (broad SMARTS) is 1. The lowest BCUT2D eigenvalue weighted by molar-refractivity contribution is -0.150. The van der Waals surface area contributed by atoms with Crippen LogP contribution in [0.5, 0.6) is 0 Å². The van der Waals surface area contributed by atoms with Crippen LogP contribution in [0.15, 0.2) is 35.8 Å². The number of aromatic nitrogens is 4. The zero-order chi connectivity index (χ0) is 44.9. The van der Waals surface area contributed by atoms with Crippen LogP contribution in [0.1, 0.15) is 133 Å². The molecule has 3 amide bonds. The number of nitrogen functional groups attached to an aromatic ring is 1. The van der Waals surface area contributed by atoms with Gasteiger partial charge in [-0.3, -0.25) is 28.9 Å². The number of carbonyl (C=O) groups is 5. The Kier molecular flexibility index (Phi) is 18.2. The molecule has 1 saturated heterocycles. The number of aromatic amines is 1. The molecule has 336 valence electrons. The maximum absolute atomic E-state index is 15.0. The maximum Gasteiger partial charge on any atom is 0.309 e. The number of amides is 3. The third-order valence-corrected chi connectivity index (χ3v) is 12.7. The summed E-state index contributed by atoms with van der Waals surface area (Å²) < 4.78 is 5.93. The van der Waals surface area contributed by atoms with Gasteiger partial charge < -0.3 is 31.1 Å². The van der Waals surface area contributed by atoms with Gasteiger partial charge in [0.05, 0.1) is 23.3 Å². The topological polar surface area (TPSA) is 226 Å². The van der Waals surface area contributed by atoms with Gasteiger partial charge in [-0.05, 0) is 102 Å². The number of ether oxygens (including phenoxy) is 1. The number of esters is 1. The fraction of sp³-hybridized carbons (Fsp3) is 0.636. The van der Waals surface area contributed by atoms with Crippen LogP contribution in [0.25, 0.3) is 0 Å². The maximum atomic E-state index is 15.0. The summed E-state index contributed by atoms with van der Waals surface area (Å²) in [5.74, 6) is -2.64. The van der Waals surface area contributed by atoms with Gasteiger partial charge in [0.2, 0.25) is 11.8 Å². The minimum absolute atomic E-state index is 0.0988. The van der Waals surface area contributed by atoms with Gasteiger partial charge in [-0.25, -0.2) is 4.98 Å². The Bertz CT molecular complexity index is 1880. The number of benzene rings is 1. The van der Waals surface area contributed by atoms with Gasteiger partial charge >= 0.3 is 11.9 Å². The number of aliphatic carboxylic acids is 1. The summed E-state index contributed by atoms with van der Waals surface area (Å²) in [7, 11) is 1.95. The quantitative estimate of drug-likeness (QED) is 0.0448. The molecule has 6 N–H and O–H groups in total. The van der Waals surface area contributed by atoms with Crippen molar-refractivity contribution in [3.63, 3.8) is 0 Å². The number of nitrogens with zero attached hydrogens (tertiary/aromatic N) is 5. The third-order valence-electron chi connectivity index (χ3n) is 11.8. The second kappa shape index (κ2) is 22.8. The highest BCUT2D eigenvalue weighted by molar-refractivity contribution is 7.09. The molecule has 3 aromatic rings. The van der Waals surface area contributed by atoms with Gasteiger partial charge in [-0.2, -0.15) is 15.4 Å². The van der Waals surface area contributed by atoms with Crippen molar-refractivity contribution in [2.75, 3.05) is 25.9 Å². The van der Waals surface area contributed by atoms with Gasteiger partial charge in [0.15, 0.2) is 6.10 Å². The molecule has 5 unspecified atom stereocenters. The minimum Gasteiger partial charge on any atom is -0.481 e. The Balaban J connectivity index is 1.62. The molecule has 1 aliphatic heterocycles. The predicted molar refractivity (Wildman–Crippen MR) is 234 cm³/mol. The van der Waals surface area contributed by atoms with Gasteiger partial charge in [0.1, 0.15) is 16.7 Å². The Labute approximate surface area is 364 Å². The minimum atomic E-state index is -1.13. The molecule has 4 rings (SSSR count). The first-order valence-electron chi connectivity index (χ1n) is 21.6. The van der Waals surface area contributed by atoms with E-state index in [0.29, 0.717) is 42.9 Å². The van der Waals surface area contributed by atoms with Crippen molar-refractivity contribution in [2.24, 2.45) is 17.3 Å². The first kappa shape index (κ1) is 48.8. The average Bonchev–Trinajstić information content (AvgIpc) is 3.92. The van der Waals surface area contributed by atoms with Crippen molar-refractivity contribution in [3.05, 3.63) is 57.8 Å². The number of H-pyrrole nitrogens is 1. The zero-order valence-corrected chi connectivity index (χ0v) is 37.9. The molecule has 1 fully saturated rings. The second-order valence-electron chi connectivity index (χ2n) is 17.5. The van der Waals surface area contributed by atoms with Crippen LogP contribution >= 0.6 is 11.3 Å². The lowest BCUT2D eigenvalue weighted by Crippen LogP contribution is -2.59. The molecular weight excluding hydrogens is 799 g/mol. The van der Waals surface area contributed by atoms with Gasteiger partial charge in [0.25, 0.3) is 5.91 Å². The van der Waals surface area contributed by atoms with Crippen molar-refractivity contribution >= 4 is 46.7 Å². The highest BCUT2D eigenvalue weighted by Crippen LogP contribution is 2.32. The van der Waals surface area contributed by atoms with E-state index in [2.05, 4.69) is 35.9 Å². The van der Waals surface area contributed by atoms with E-state index in [1.165, 1.54) is 18.3 Å². The summed E-state index contributed by atoms with van der Waals surface area (Å²) >= 11 is 1.17. The van der Waals surface area contributed by atoms with Gasteiger partial charge in [-0.1, -0.05) is 52.7 Å². The van der Waals surface area contributed by atoms with Crippen LogP contribution in [0.2, 0.25) is 0 Å². The molecule has 0 spiro atoms. The first-order valence-corrected chi connectivity index (χ1v) is 22.4. The van der Waals surface area contributed by atoms with Crippen molar-refractivity contribution < 1.29 is 33.8 Å². The first-order chi connectivity index (χ1) is 28.9. The van der Waals surface area contributed by atoms with E-state index in [9.17, 15) is 29.1 Å². The Morgan fingerprint density at radius 3 is 2.43 bits per heavy atom. The van der Waals surface area contributed by atoms with Crippen molar-refractivity contribution in [1.82, 2.24) is 40.8 Å². The Morgan fingerprint density at radius 1 is 1.10 bits per heavy atom. The third kappa shape index (κ3) is 14.3. The number of aryl methyl sites for hydroxylation is 1. The van der Waals surface area contributed by atoms with Crippen LogP contribution in [-0.2, 0) is 36.8 Å². The number of carbonyl (C=O) groups excluding carboxylic acids is 4. The van der Waals surface area contributed by atoms with E-state index in [1.807, 2.05) is 51.8 Å². The normalized spacial score (nSPS) is 17.2. The monoisotopic (exact) mass is 865 g/mol. The molecule has 6 atom stereocenters. The SMILES string of the molecule is CCC(C)C(NC(=O)[C@H]1CCCCN1C)C(=O)N(CCCCc1cn[nH]n1)C(CC(OC(C)=O)c1nc(C(=O)NC(Cc2ccc(N)cc2)CC(C)(C)C(=O)O)cs1)C(C)C. The number of hydrogen-bond acceptors (Lipinski definition) is 12. The van der Waals surface area contributed by atoms with Crippen LogP contribution in [-0.4, -0.2) is 109 Å². The number of rotatable bonds is 23. The lowest BCUT2D eigenvalue weighted by Gasteiger charge is -2.40. The largest absolute Gasteiger partial charge is 0.481 e. The number of thiazole rings is 1. The molecule has 17 heteroatoms. The van der Waals surface area contributed by atoms with E-state index in [-0.39, 0.29) is 48.2 Å². The van der Waals surface area contributed by atoms with Crippen molar-refractivity contribution in [2.45, 2.75) is 143 Å². The molecule has 16 nitrogen and oxygen atoms in total. The van der Waals surface area contributed by atoms with E-state index in [0.717, 1.165) is 43.5 Å². The molecule has 0 radical (unpaired) electrons. The summed E-state index contributed by atoms with van der Waals surface area (Å²) in [6.45, 7) is 13.8. The molecule has 0 saturated carbocycles. The van der Waals surface area contributed by atoms with Crippen molar-refractivity contribution in [3.8, 4) is 0 Å². The van der Waals surface area contributed by atoms with E-state index < -0.39 is 47.5 Å².